The van der Waals surface area contributed by atoms with Crippen LogP contribution in [0.3, 0.4) is 0 Å². The second kappa shape index (κ2) is 9.18. The standard InChI is InChI=1S/C20H20N2O5S/c1-3-26-14-8-10-15(11-9-14)27-13-18(23)21-20-22(12-19(24)25-2)16-6-4-5-7-17(16)28-20/h4-11H,3,12-13H2,1-2H3. The number of amides is 1. The van der Waals surface area contributed by atoms with Crippen molar-refractivity contribution >= 4 is 33.4 Å². The van der Waals surface area contributed by atoms with E-state index in [1.165, 1.54) is 18.4 Å². The van der Waals surface area contributed by atoms with Gasteiger partial charge in [-0.1, -0.05) is 23.5 Å². The van der Waals surface area contributed by atoms with Gasteiger partial charge < -0.3 is 18.8 Å². The molecule has 0 fully saturated rings. The fourth-order valence-corrected chi connectivity index (χ4v) is 3.58. The quantitative estimate of drug-likeness (QED) is 0.570. The molecule has 0 atom stereocenters. The van der Waals surface area contributed by atoms with Crippen LogP contribution in [0.25, 0.3) is 10.2 Å². The molecule has 0 aliphatic heterocycles. The molecule has 7 nitrogen and oxygen atoms in total. The van der Waals surface area contributed by atoms with Crippen molar-refractivity contribution < 1.29 is 23.8 Å². The molecule has 0 radical (unpaired) electrons. The first kappa shape index (κ1) is 19.6. The van der Waals surface area contributed by atoms with Crippen LogP contribution in [0.2, 0.25) is 0 Å². The van der Waals surface area contributed by atoms with Gasteiger partial charge in [-0.2, -0.15) is 4.99 Å². The van der Waals surface area contributed by atoms with E-state index in [2.05, 4.69) is 4.99 Å². The summed E-state index contributed by atoms with van der Waals surface area (Å²) in [6.45, 7) is 2.26. The Morgan fingerprint density at radius 1 is 1.04 bits per heavy atom. The first-order valence-corrected chi connectivity index (χ1v) is 9.50. The lowest BCUT2D eigenvalue weighted by atomic mass is 10.3. The summed E-state index contributed by atoms with van der Waals surface area (Å²) in [6.07, 6.45) is 0. The lowest BCUT2D eigenvalue weighted by Gasteiger charge is -2.06. The Hall–Kier alpha value is -3.13. The van der Waals surface area contributed by atoms with Gasteiger partial charge in [0.2, 0.25) is 0 Å². The van der Waals surface area contributed by atoms with Crippen molar-refractivity contribution in [2.24, 2.45) is 4.99 Å². The SMILES string of the molecule is CCOc1ccc(OCC(=O)N=c2sc3ccccc3n2CC(=O)OC)cc1. The number of ether oxygens (including phenoxy) is 3. The summed E-state index contributed by atoms with van der Waals surface area (Å²) in [5, 5.41) is 0. The number of benzene rings is 2. The monoisotopic (exact) mass is 400 g/mol. The van der Waals surface area contributed by atoms with Gasteiger partial charge in [0.1, 0.15) is 18.0 Å². The molecule has 0 aliphatic carbocycles. The highest BCUT2D eigenvalue weighted by molar-refractivity contribution is 7.16. The molecule has 146 valence electrons. The summed E-state index contributed by atoms with van der Waals surface area (Å²) in [5.74, 6) is 0.424. The van der Waals surface area contributed by atoms with Crippen molar-refractivity contribution in [2.75, 3.05) is 20.3 Å². The van der Waals surface area contributed by atoms with E-state index < -0.39 is 11.9 Å². The molecule has 1 aromatic heterocycles. The molecule has 0 bridgehead atoms. The van der Waals surface area contributed by atoms with E-state index in [4.69, 9.17) is 14.2 Å². The molecule has 8 heteroatoms. The Morgan fingerprint density at radius 3 is 2.39 bits per heavy atom. The highest BCUT2D eigenvalue weighted by Crippen LogP contribution is 2.18. The van der Waals surface area contributed by atoms with Gasteiger partial charge in [0.05, 0.1) is 23.9 Å². The number of para-hydroxylation sites is 1. The molecule has 1 amide bonds. The Morgan fingerprint density at radius 2 is 1.71 bits per heavy atom. The van der Waals surface area contributed by atoms with Crippen LogP contribution in [0.4, 0.5) is 0 Å². The summed E-state index contributed by atoms with van der Waals surface area (Å²) in [4.78, 5) is 28.6. The van der Waals surface area contributed by atoms with Crippen LogP contribution in [-0.2, 0) is 20.9 Å². The first-order valence-electron chi connectivity index (χ1n) is 8.69. The van der Waals surface area contributed by atoms with Crippen molar-refractivity contribution in [3.63, 3.8) is 0 Å². The number of hydrogen-bond donors (Lipinski definition) is 0. The summed E-state index contributed by atoms with van der Waals surface area (Å²) in [5.41, 5.74) is 0.817. The van der Waals surface area contributed by atoms with E-state index in [1.54, 1.807) is 28.8 Å². The number of esters is 1. The highest BCUT2D eigenvalue weighted by atomic mass is 32.1. The number of carbonyl (C=O) groups is 2. The van der Waals surface area contributed by atoms with Crippen LogP contribution in [0.5, 0.6) is 11.5 Å². The zero-order chi connectivity index (χ0) is 19.9. The van der Waals surface area contributed by atoms with Crippen LogP contribution in [0.1, 0.15) is 6.92 Å². The molecule has 0 saturated carbocycles. The second-order valence-corrected chi connectivity index (χ2v) is 6.72. The predicted molar refractivity (Wildman–Crippen MR) is 106 cm³/mol. The zero-order valence-electron chi connectivity index (χ0n) is 15.6. The molecule has 0 aliphatic rings. The molecule has 0 N–H and O–H groups in total. The fraction of sp³-hybridized carbons (Fsp3) is 0.250. The molecule has 3 aromatic rings. The van der Waals surface area contributed by atoms with Gasteiger partial charge in [0.25, 0.3) is 5.91 Å². The van der Waals surface area contributed by atoms with Crippen LogP contribution in [0.15, 0.2) is 53.5 Å². The average Bonchev–Trinajstić information content (AvgIpc) is 3.04. The minimum atomic E-state index is -0.445. The molecular formula is C20H20N2O5S. The van der Waals surface area contributed by atoms with E-state index in [-0.39, 0.29) is 13.2 Å². The van der Waals surface area contributed by atoms with Gasteiger partial charge in [0.15, 0.2) is 11.4 Å². The first-order chi connectivity index (χ1) is 13.6. The molecule has 0 spiro atoms. The van der Waals surface area contributed by atoms with Crippen LogP contribution in [-0.4, -0.2) is 36.8 Å². The van der Waals surface area contributed by atoms with Crippen molar-refractivity contribution in [3.05, 3.63) is 53.3 Å². The van der Waals surface area contributed by atoms with Crippen molar-refractivity contribution in [1.82, 2.24) is 4.57 Å². The summed E-state index contributed by atoms with van der Waals surface area (Å²) >= 11 is 1.33. The summed E-state index contributed by atoms with van der Waals surface area (Å²) < 4.78 is 18.2. The number of thiazole rings is 1. The lowest BCUT2D eigenvalue weighted by molar-refractivity contribution is -0.141. The number of methoxy groups -OCH3 is 1. The topological polar surface area (TPSA) is 79.1 Å². The Bertz CT molecular complexity index is 1040. The van der Waals surface area contributed by atoms with Gasteiger partial charge in [-0.15, -0.1) is 0 Å². The predicted octanol–water partition coefficient (Wildman–Crippen LogP) is 2.78. The molecule has 2 aromatic carbocycles. The van der Waals surface area contributed by atoms with Crippen molar-refractivity contribution in [3.8, 4) is 11.5 Å². The zero-order valence-corrected chi connectivity index (χ0v) is 16.4. The van der Waals surface area contributed by atoms with Gasteiger partial charge in [0, 0.05) is 0 Å². The Kier molecular flexibility index (Phi) is 6.44. The van der Waals surface area contributed by atoms with Gasteiger partial charge in [-0.05, 0) is 43.3 Å². The molecule has 0 saturated heterocycles. The van der Waals surface area contributed by atoms with Crippen LogP contribution in [0, 0.1) is 0 Å². The maximum Gasteiger partial charge on any atom is 0.325 e. The lowest BCUT2D eigenvalue weighted by Crippen LogP contribution is -2.23. The summed E-state index contributed by atoms with van der Waals surface area (Å²) in [6, 6.07) is 14.5. The molecule has 28 heavy (non-hydrogen) atoms. The number of fused-ring (bicyclic) bond motifs is 1. The molecule has 0 unspecified atom stereocenters. The average molecular weight is 400 g/mol. The van der Waals surface area contributed by atoms with E-state index in [0.717, 1.165) is 16.0 Å². The number of rotatable bonds is 7. The van der Waals surface area contributed by atoms with Gasteiger partial charge >= 0.3 is 5.97 Å². The Balaban J connectivity index is 1.78. The molecular weight excluding hydrogens is 380 g/mol. The smallest absolute Gasteiger partial charge is 0.325 e. The molecule has 3 rings (SSSR count). The maximum absolute atomic E-state index is 12.3. The van der Waals surface area contributed by atoms with E-state index >= 15 is 0 Å². The minimum absolute atomic E-state index is 0.0215. The number of hydrogen-bond acceptors (Lipinski definition) is 6. The van der Waals surface area contributed by atoms with E-state index in [9.17, 15) is 9.59 Å². The third kappa shape index (κ3) is 4.77. The third-order valence-corrected chi connectivity index (χ3v) is 4.88. The largest absolute Gasteiger partial charge is 0.494 e. The highest BCUT2D eigenvalue weighted by Gasteiger charge is 2.11. The molecule has 1 heterocycles. The number of carbonyl (C=O) groups excluding carboxylic acids is 2. The third-order valence-electron chi connectivity index (χ3n) is 3.82. The van der Waals surface area contributed by atoms with Crippen molar-refractivity contribution in [2.45, 2.75) is 13.5 Å². The van der Waals surface area contributed by atoms with Gasteiger partial charge in [-0.3, -0.25) is 9.59 Å². The normalized spacial score (nSPS) is 11.4. The van der Waals surface area contributed by atoms with Gasteiger partial charge in [-0.25, -0.2) is 0 Å². The van der Waals surface area contributed by atoms with E-state index in [0.29, 0.717) is 17.2 Å². The number of aromatic nitrogens is 1. The maximum atomic E-state index is 12.3. The van der Waals surface area contributed by atoms with Crippen LogP contribution >= 0.6 is 11.3 Å². The Labute approximate surface area is 165 Å². The number of nitrogens with zero attached hydrogens (tertiary/aromatic N) is 2. The van der Waals surface area contributed by atoms with E-state index in [1.807, 2.05) is 31.2 Å². The summed E-state index contributed by atoms with van der Waals surface area (Å²) in [7, 11) is 1.32. The second-order valence-electron chi connectivity index (χ2n) is 5.71. The van der Waals surface area contributed by atoms with Crippen LogP contribution < -0.4 is 14.3 Å². The van der Waals surface area contributed by atoms with Crippen molar-refractivity contribution in [1.29, 1.82) is 0 Å². The fourth-order valence-electron chi connectivity index (χ4n) is 2.54. The minimum Gasteiger partial charge on any atom is -0.494 e.